The van der Waals surface area contributed by atoms with Crippen LogP contribution in [0.1, 0.15) is 39.2 Å². The lowest BCUT2D eigenvalue weighted by Gasteiger charge is -2.34. The van der Waals surface area contributed by atoms with Crippen molar-refractivity contribution >= 4 is 0 Å². The minimum Gasteiger partial charge on any atom is -0.490 e. The molecule has 0 heterocycles. The van der Waals surface area contributed by atoms with Gasteiger partial charge in [-0.25, -0.2) is 0 Å². The molecular weight excluding hydrogens is 184 g/mol. The standard InChI is InChI=1S/C12H16O.C2H6/c1-9-5-3-4-6-11(9)13-12-8-7-10(12)2;1-2/h3-6,10,12H,7-8H2,1-2H3;1-2H3/t10-,12+;/m1./s1. The van der Waals surface area contributed by atoms with Gasteiger partial charge in [0.05, 0.1) is 0 Å². The van der Waals surface area contributed by atoms with E-state index in [1.807, 2.05) is 26.0 Å². The molecule has 1 nitrogen and oxygen atoms in total. The average Bonchev–Trinajstić information content (AvgIpc) is 2.28. The zero-order chi connectivity index (χ0) is 11.3. The smallest absolute Gasteiger partial charge is 0.122 e. The Morgan fingerprint density at radius 3 is 2.27 bits per heavy atom. The van der Waals surface area contributed by atoms with E-state index in [1.54, 1.807) is 0 Å². The number of rotatable bonds is 2. The predicted octanol–water partition coefficient (Wildman–Crippen LogP) is 4.20. The summed E-state index contributed by atoms with van der Waals surface area (Å²) in [5, 5.41) is 0. The van der Waals surface area contributed by atoms with Crippen molar-refractivity contribution in [2.75, 3.05) is 0 Å². The molecule has 0 unspecified atom stereocenters. The van der Waals surface area contributed by atoms with Gasteiger partial charge in [0.1, 0.15) is 11.9 Å². The predicted molar refractivity (Wildman–Crippen MR) is 65.3 cm³/mol. The van der Waals surface area contributed by atoms with Crippen molar-refractivity contribution in [2.24, 2.45) is 5.92 Å². The molecule has 2 atom stereocenters. The molecule has 0 aliphatic heterocycles. The molecule has 1 fully saturated rings. The molecule has 1 heteroatoms. The Morgan fingerprint density at radius 1 is 1.13 bits per heavy atom. The molecular formula is C14H22O. The van der Waals surface area contributed by atoms with E-state index in [2.05, 4.69) is 26.0 Å². The van der Waals surface area contributed by atoms with Gasteiger partial charge in [-0.05, 0) is 37.3 Å². The molecule has 1 aromatic carbocycles. The molecule has 1 aliphatic carbocycles. The second kappa shape index (κ2) is 5.79. The van der Waals surface area contributed by atoms with E-state index in [0.29, 0.717) is 6.10 Å². The third-order valence-electron chi connectivity index (χ3n) is 2.91. The molecule has 1 aromatic rings. The highest BCUT2D eigenvalue weighted by Gasteiger charge is 2.28. The fraction of sp³-hybridized carbons (Fsp3) is 0.571. The first kappa shape index (κ1) is 12.1. The first-order valence-corrected chi connectivity index (χ1v) is 5.99. The molecule has 2 rings (SSSR count). The lowest BCUT2D eigenvalue weighted by Crippen LogP contribution is -2.34. The van der Waals surface area contributed by atoms with E-state index in [1.165, 1.54) is 18.4 Å². The van der Waals surface area contributed by atoms with Crippen molar-refractivity contribution in [3.8, 4) is 5.75 Å². The number of aryl methyl sites for hydroxylation is 1. The van der Waals surface area contributed by atoms with E-state index in [4.69, 9.17) is 4.74 Å². The maximum atomic E-state index is 5.89. The summed E-state index contributed by atoms with van der Waals surface area (Å²) in [5.41, 5.74) is 1.24. The normalized spacial score (nSPS) is 23.5. The van der Waals surface area contributed by atoms with E-state index in [9.17, 15) is 0 Å². The van der Waals surface area contributed by atoms with Crippen LogP contribution in [0.4, 0.5) is 0 Å². The van der Waals surface area contributed by atoms with Gasteiger partial charge in [0, 0.05) is 0 Å². The summed E-state index contributed by atoms with van der Waals surface area (Å²) >= 11 is 0. The Bertz CT molecular complexity index is 293. The Balaban J connectivity index is 0.000000531. The minimum absolute atomic E-state index is 0.459. The Morgan fingerprint density at radius 2 is 1.80 bits per heavy atom. The lowest BCUT2D eigenvalue weighted by molar-refractivity contribution is 0.0570. The van der Waals surface area contributed by atoms with Gasteiger partial charge in [-0.2, -0.15) is 0 Å². The van der Waals surface area contributed by atoms with Gasteiger partial charge in [-0.15, -0.1) is 0 Å². The SMILES string of the molecule is CC.Cc1ccccc1O[C@H]1CC[C@H]1C. The number of ether oxygens (including phenoxy) is 1. The monoisotopic (exact) mass is 206 g/mol. The van der Waals surface area contributed by atoms with Crippen LogP contribution in [0.25, 0.3) is 0 Å². The molecule has 15 heavy (non-hydrogen) atoms. The molecule has 0 saturated heterocycles. The average molecular weight is 206 g/mol. The van der Waals surface area contributed by atoms with Crippen LogP contribution in [-0.2, 0) is 0 Å². The fourth-order valence-electron chi connectivity index (χ4n) is 1.66. The third-order valence-corrected chi connectivity index (χ3v) is 2.91. The molecule has 1 aliphatic rings. The van der Waals surface area contributed by atoms with Crippen molar-refractivity contribution in [2.45, 2.75) is 46.6 Å². The van der Waals surface area contributed by atoms with Crippen molar-refractivity contribution in [3.05, 3.63) is 29.8 Å². The first-order valence-electron chi connectivity index (χ1n) is 5.99. The summed E-state index contributed by atoms with van der Waals surface area (Å²) in [6.45, 7) is 8.35. The van der Waals surface area contributed by atoms with Gasteiger partial charge in [0.2, 0.25) is 0 Å². The summed E-state index contributed by atoms with van der Waals surface area (Å²) in [6.07, 6.45) is 2.99. The van der Waals surface area contributed by atoms with Crippen molar-refractivity contribution in [1.82, 2.24) is 0 Å². The highest BCUT2D eigenvalue weighted by Crippen LogP contribution is 2.31. The lowest BCUT2D eigenvalue weighted by atomic mass is 9.83. The summed E-state index contributed by atoms with van der Waals surface area (Å²) in [7, 11) is 0. The van der Waals surface area contributed by atoms with E-state index in [0.717, 1.165) is 11.7 Å². The Labute approximate surface area is 93.5 Å². The minimum atomic E-state index is 0.459. The first-order chi connectivity index (χ1) is 7.27. The van der Waals surface area contributed by atoms with Gasteiger partial charge in [0.15, 0.2) is 0 Å². The van der Waals surface area contributed by atoms with Gasteiger partial charge < -0.3 is 4.74 Å². The second-order valence-corrected chi connectivity index (χ2v) is 3.98. The molecule has 0 bridgehead atoms. The zero-order valence-corrected chi connectivity index (χ0v) is 10.3. The van der Waals surface area contributed by atoms with Crippen LogP contribution in [0.5, 0.6) is 5.75 Å². The third kappa shape index (κ3) is 2.98. The van der Waals surface area contributed by atoms with Gasteiger partial charge in [0.25, 0.3) is 0 Å². The Hall–Kier alpha value is -0.980. The molecule has 84 valence electrons. The zero-order valence-electron chi connectivity index (χ0n) is 10.3. The molecule has 0 N–H and O–H groups in total. The maximum Gasteiger partial charge on any atom is 0.122 e. The summed E-state index contributed by atoms with van der Waals surface area (Å²) in [6, 6.07) is 8.23. The second-order valence-electron chi connectivity index (χ2n) is 3.98. The van der Waals surface area contributed by atoms with Crippen molar-refractivity contribution in [1.29, 1.82) is 0 Å². The molecule has 0 aromatic heterocycles. The van der Waals surface area contributed by atoms with Crippen LogP contribution < -0.4 is 4.74 Å². The number of hydrogen-bond acceptors (Lipinski definition) is 1. The quantitative estimate of drug-likeness (QED) is 0.704. The maximum absolute atomic E-state index is 5.89. The highest BCUT2D eigenvalue weighted by atomic mass is 16.5. The van der Waals surface area contributed by atoms with Crippen LogP contribution in [0.3, 0.4) is 0 Å². The number of hydrogen-bond donors (Lipinski definition) is 0. The fourth-order valence-corrected chi connectivity index (χ4v) is 1.66. The topological polar surface area (TPSA) is 9.23 Å². The van der Waals surface area contributed by atoms with Crippen molar-refractivity contribution < 1.29 is 4.74 Å². The molecule has 1 saturated carbocycles. The Kier molecular flexibility index (Phi) is 4.67. The van der Waals surface area contributed by atoms with Gasteiger partial charge in [-0.3, -0.25) is 0 Å². The van der Waals surface area contributed by atoms with Crippen LogP contribution in [-0.4, -0.2) is 6.10 Å². The molecule has 0 amide bonds. The summed E-state index contributed by atoms with van der Waals surface area (Å²) in [4.78, 5) is 0. The summed E-state index contributed by atoms with van der Waals surface area (Å²) < 4.78 is 5.89. The number of benzene rings is 1. The molecule has 0 spiro atoms. The van der Waals surface area contributed by atoms with Crippen molar-refractivity contribution in [3.63, 3.8) is 0 Å². The van der Waals surface area contributed by atoms with Gasteiger partial charge in [-0.1, -0.05) is 39.0 Å². The van der Waals surface area contributed by atoms with Gasteiger partial charge >= 0.3 is 0 Å². The largest absolute Gasteiger partial charge is 0.490 e. The van der Waals surface area contributed by atoms with Crippen LogP contribution in [0, 0.1) is 12.8 Å². The van der Waals surface area contributed by atoms with Crippen LogP contribution in [0.15, 0.2) is 24.3 Å². The van der Waals surface area contributed by atoms with Crippen LogP contribution >= 0.6 is 0 Å². The van der Waals surface area contributed by atoms with E-state index < -0.39 is 0 Å². The number of para-hydroxylation sites is 1. The summed E-state index contributed by atoms with van der Waals surface area (Å²) in [5.74, 6) is 1.79. The van der Waals surface area contributed by atoms with E-state index >= 15 is 0 Å². The van der Waals surface area contributed by atoms with E-state index in [-0.39, 0.29) is 0 Å². The highest BCUT2D eigenvalue weighted by molar-refractivity contribution is 5.32. The molecule has 0 radical (unpaired) electrons. The van der Waals surface area contributed by atoms with Crippen LogP contribution in [0.2, 0.25) is 0 Å².